The van der Waals surface area contributed by atoms with Gasteiger partial charge < -0.3 is 14.1 Å². The predicted molar refractivity (Wildman–Crippen MR) is 127 cm³/mol. The number of benzene rings is 2. The Morgan fingerprint density at radius 3 is 2.38 bits per heavy atom. The third-order valence-corrected chi connectivity index (χ3v) is 10.9. The van der Waals surface area contributed by atoms with Gasteiger partial charge in [0, 0.05) is 18.5 Å². The van der Waals surface area contributed by atoms with Crippen LogP contribution in [0.5, 0.6) is 5.75 Å². The Morgan fingerprint density at radius 2 is 1.81 bits per heavy atom. The SMILES string of the molecule is COC(=O)CCC1CN(c2ccc(F)cc2-c2ccc(O[Si](C)(C)C(C)(C)C)cc2)C1=O. The highest BCUT2D eigenvalue weighted by Gasteiger charge is 2.40. The van der Waals surface area contributed by atoms with Crippen molar-refractivity contribution in [2.75, 3.05) is 18.6 Å². The molecule has 2 aromatic rings. The van der Waals surface area contributed by atoms with Crippen LogP contribution < -0.4 is 9.33 Å². The molecule has 0 aliphatic carbocycles. The summed E-state index contributed by atoms with van der Waals surface area (Å²) >= 11 is 0. The molecule has 7 heteroatoms. The van der Waals surface area contributed by atoms with E-state index in [0.717, 1.165) is 11.3 Å². The largest absolute Gasteiger partial charge is 0.544 e. The monoisotopic (exact) mass is 457 g/mol. The summed E-state index contributed by atoms with van der Waals surface area (Å²) in [6.07, 6.45) is 0.671. The van der Waals surface area contributed by atoms with Crippen LogP contribution in [0, 0.1) is 11.7 Å². The Bertz CT molecular complexity index is 998. The molecule has 0 spiro atoms. The fourth-order valence-electron chi connectivity index (χ4n) is 3.45. The Balaban J connectivity index is 1.79. The van der Waals surface area contributed by atoms with E-state index in [1.54, 1.807) is 11.0 Å². The molecule has 5 nitrogen and oxygen atoms in total. The van der Waals surface area contributed by atoms with Crippen LogP contribution in [0.1, 0.15) is 33.6 Å². The van der Waals surface area contributed by atoms with Gasteiger partial charge in [-0.25, -0.2) is 4.39 Å². The van der Waals surface area contributed by atoms with Crippen molar-refractivity contribution >= 4 is 25.9 Å². The van der Waals surface area contributed by atoms with Crippen LogP contribution in [0.3, 0.4) is 0 Å². The Labute approximate surface area is 190 Å². The number of hydrogen-bond acceptors (Lipinski definition) is 4. The van der Waals surface area contributed by atoms with E-state index in [-0.39, 0.29) is 35.1 Å². The molecule has 1 saturated heterocycles. The number of ether oxygens (including phenoxy) is 1. The summed E-state index contributed by atoms with van der Waals surface area (Å²) in [5.74, 6) is -0.160. The molecule has 1 amide bonds. The average Bonchev–Trinajstić information content (AvgIpc) is 2.72. The van der Waals surface area contributed by atoms with Crippen molar-refractivity contribution in [2.45, 2.75) is 51.7 Å². The second-order valence-electron chi connectivity index (χ2n) is 9.81. The fraction of sp³-hybridized carbons (Fsp3) is 0.440. The zero-order chi connectivity index (χ0) is 23.7. The van der Waals surface area contributed by atoms with Crippen molar-refractivity contribution < 1.29 is 23.1 Å². The normalized spacial score (nSPS) is 16.5. The third-order valence-electron chi connectivity index (χ3n) is 6.54. The lowest BCUT2D eigenvalue weighted by Crippen LogP contribution is -2.53. The maximum Gasteiger partial charge on any atom is 0.305 e. The van der Waals surface area contributed by atoms with Gasteiger partial charge in [-0.05, 0) is 60.4 Å². The van der Waals surface area contributed by atoms with Gasteiger partial charge in [0.05, 0.1) is 18.7 Å². The summed E-state index contributed by atoms with van der Waals surface area (Å²) in [5.41, 5.74) is 2.14. The highest BCUT2D eigenvalue weighted by molar-refractivity contribution is 6.74. The van der Waals surface area contributed by atoms with Crippen molar-refractivity contribution in [3.05, 3.63) is 48.3 Å². The smallest absolute Gasteiger partial charge is 0.305 e. The molecule has 1 fully saturated rings. The van der Waals surface area contributed by atoms with Crippen molar-refractivity contribution in [1.29, 1.82) is 0 Å². The number of halogens is 1. The number of β-lactam (4-membered cyclic amide) rings is 1. The van der Waals surface area contributed by atoms with Gasteiger partial charge in [-0.15, -0.1) is 0 Å². The maximum absolute atomic E-state index is 14.1. The van der Waals surface area contributed by atoms with Crippen LogP contribution in [0.15, 0.2) is 42.5 Å². The molecule has 1 heterocycles. The van der Waals surface area contributed by atoms with E-state index in [4.69, 9.17) is 4.43 Å². The number of amides is 1. The topological polar surface area (TPSA) is 55.8 Å². The van der Waals surface area contributed by atoms with Crippen molar-refractivity contribution in [1.82, 2.24) is 0 Å². The van der Waals surface area contributed by atoms with E-state index in [2.05, 4.69) is 38.6 Å². The van der Waals surface area contributed by atoms with Crippen LogP contribution in [-0.2, 0) is 14.3 Å². The van der Waals surface area contributed by atoms with Gasteiger partial charge in [-0.1, -0.05) is 32.9 Å². The highest BCUT2D eigenvalue weighted by atomic mass is 28.4. The zero-order valence-corrected chi connectivity index (χ0v) is 20.7. The number of carbonyl (C=O) groups excluding carboxylic acids is 2. The standard InChI is InChI=1S/C25H32FNO4Si/c1-25(2,3)32(5,6)31-20-11-7-17(8-12-20)21-15-19(26)10-13-22(21)27-16-18(24(27)29)9-14-23(28)30-4/h7-8,10-13,15,18H,9,14,16H2,1-6H3. The van der Waals surface area contributed by atoms with E-state index in [1.807, 2.05) is 24.3 Å². The first-order chi connectivity index (χ1) is 14.9. The number of methoxy groups -OCH3 is 1. The zero-order valence-electron chi connectivity index (χ0n) is 19.7. The minimum Gasteiger partial charge on any atom is -0.544 e. The fourth-order valence-corrected chi connectivity index (χ4v) is 4.48. The lowest BCUT2D eigenvalue weighted by atomic mass is 9.91. The number of anilines is 1. The number of carbonyl (C=O) groups is 2. The summed E-state index contributed by atoms with van der Waals surface area (Å²) in [5, 5.41) is 0.0870. The number of esters is 1. The summed E-state index contributed by atoms with van der Waals surface area (Å²) in [4.78, 5) is 25.7. The van der Waals surface area contributed by atoms with Gasteiger partial charge in [-0.3, -0.25) is 9.59 Å². The van der Waals surface area contributed by atoms with E-state index < -0.39 is 8.32 Å². The summed E-state index contributed by atoms with van der Waals surface area (Å²) < 4.78 is 25.1. The van der Waals surface area contributed by atoms with Crippen molar-refractivity contribution in [3.8, 4) is 16.9 Å². The average molecular weight is 458 g/mol. The molecule has 0 radical (unpaired) electrons. The molecular weight excluding hydrogens is 425 g/mol. The van der Waals surface area contributed by atoms with Crippen LogP contribution >= 0.6 is 0 Å². The minimum absolute atomic E-state index is 0.0559. The van der Waals surface area contributed by atoms with Gasteiger partial charge in [0.2, 0.25) is 14.2 Å². The molecule has 1 atom stereocenters. The first kappa shape index (κ1) is 24.0. The molecule has 0 saturated carbocycles. The Kier molecular flexibility index (Phi) is 6.79. The number of nitrogens with zero attached hydrogens (tertiary/aromatic N) is 1. The molecule has 172 valence electrons. The van der Waals surface area contributed by atoms with E-state index in [1.165, 1.54) is 19.2 Å². The molecule has 32 heavy (non-hydrogen) atoms. The Morgan fingerprint density at radius 1 is 1.16 bits per heavy atom. The molecule has 0 aromatic heterocycles. The van der Waals surface area contributed by atoms with Gasteiger partial charge in [0.25, 0.3) is 0 Å². The van der Waals surface area contributed by atoms with Crippen LogP contribution in [0.2, 0.25) is 18.1 Å². The minimum atomic E-state index is -1.96. The lowest BCUT2D eigenvalue weighted by Gasteiger charge is -2.39. The predicted octanol–water partition coefficient (Wildman–Crippen LogP) is 5.79. The van der Waals surface area contributed by atoms with Crippen LogP contribution in [0.25, 0.3) is 11.1 Å². The number of hydrogen-bond donors (Lipinski definition) is 0. The van der Waals surface area contributed by atoms with E-state index in [9.17, 15) is 14.0 Å². The van der Waals surface area contributed by atoms with Crippen LogP contribution in [0.4, 0.5) is 10.1 Å². The number of rotatable bonds is 7. The van der Waals surface area contributed by atoms with Gasteiger partial charge in [0.15, 0.2) is 0 Å². The summed E-state index contributed by atoms with van der Waals surface area (Å²) in [7, 11) is -0.620. The van der Waals surface area contributed by atoms with Gasteiger partial charge in [0.1, 0.15) is 11.6 Å². The maximum atomic E-state index is 14.1. The molecule has 1 unspecified atom stereocenters. The first-order valence-corrected chi connectivity index (χ1v) is 13.8. The first-order valence-electron chi connectivity index (χ1n) is 10.9. The molecule has 1 aliphatic rings. The van der Waals surface area contributed by atoms with E-state index >= 15 is 0 Å². The molecule has 0 bridgehead atoms. The van der Waals surface area contributed by atoms with Crippen LogP contribution in [-0.4, -0.2) is 33.8 Å². The third kappa shape index (κ3) is 5.04. The van der Waals surface area contributed by atoms with E-state index in [0.29, 0.717) is 24.2 Å². The second-order valence-corrected chi connectivity index (χ2v) is 14.5. The molecule has 3 rings (SSSR count). The second kappa shape index (κ2) is 9.06. The lowest BCUT2D eigenvalue weighted by molar-refractivity contribution is -0.141. The molecule has 1 aliphatic heterocycles. The summed E-state index contributed by atoms with van der Waals surface area (Å²) in [6, 6.07) is 12.1. The van der Waals surface area contributed by atoms with Gasteiger partial charge in [-0.2, -0.15) is 0 Å². The Hall–Kier alpha value is -2.67. The highest BCUT2D eigenvalue weighted by Crippen LogP contribution is 2.40. The van der Waals surface area contributed by atoms with Crippen molar-refractivity contribution in [2.24, 2.45) is 5.92 Å². The van der Waals surface area contributed by atoms with Gasteiger partial charge >= 0.3 is 5.97 Å². The van der Waals surface area contributed by atoms with Crippen molar-refractivity contribution in [3.63, 3.8) is 0 Å². The summed E-state index contributed by atoms with van der Waals surface area (Å²) in [6.45, 7) is 11.5. The molecular formula is C25H32FNO4Si. The quantitative estimate of drug-likeness (QED) is 0.300. The molecule has 0 N–H and O–H groups in total. The molecule has 2 aromatic carbocycles.